The highest BCUT2D eigenvalue weighted by atomic mass is 31.2. The predicted molar refractivity (Wildman–Crippen MR) is 157 cm³/mol. The van der Waals surface area contributed by atoms with Gasteiger partial charge in [-0.2, -0.15) is 0 Å². The predicted octanol–water partition coefficient (Wildman–Crippen LogP) is -0.983. The summed E-state index contributed by atoms with van der Waals surface area (Å²) in [5.41, 5.74) is -0.272. The highest BCUT2D eigenvalue weighted by Crippen LogP contribution is 2.38. The second-order valence-corrected chi connectivity index (χ2v) is 11.6. The maximum Gasteiger partial charge on any atom is 0.469 e. The van der Waals surface area contributed by atoms with Crippen molar-refractivity contribution in [2.75, 3.05) is 45.7 Å². The van der Waals surface area contributed by atoms with Gasteiger partial charge in [-0.15, -0.1) is 0 Å². The molecule has 0 bridgehead atoms. The number of amides is 1. The van der Waals surface area contributed by atoms with Crippen molar-refractivity contribution in [2.24, 2.45) is 0 Å². The number of aromatic nitrogens is 6. The number of nitrogens with zero attached hydrogens (tertiary/aromatic N) is 6. The number of hydrogen-bond donors (Lipinski definition) is 6. The summed E-state index contributed by atoms with van der Waals surface area (Å²) in [5, 5.41) is 16.0. The molecule has 240 valence electrons. The van der Waals surface area contributed by atoms with E-state index in [4.69, 9.17) is 14.5 Å². The van der Waals surface area contributed by atoms with Crippen molar-refractivity contribution in [2.45, 2.75) is 44.2 Å². The highest BCUT2D eigenvalue weighted by Gasteiger charge is 2.37. The summed E-state index contributed by atoms with van der Waals surface area (Å²) in [6.07, 6.45) is 5.28. The smallest absolute Gasteiger partial charge is 0.390 e. The molecule has 6 N–H and O–H groups in total. The Morgan fingerprint density at radius 2 is 2.05 bits per heavy atom. The molecule has 1 aliphatic rings. The number of ether oxygens (including phenoxy) is 1. The minimum Gasteiger partial charge on any atom is -0.390 e. The number of phosphoric acid groups is 1. The Morgan fingerprint density at radius 1 is 1.25 bits per heavy atom. The summed E-state index contributed by atoms with van der Waals surface area (Å²) in [6, 6.07) is 0. The summed E-state index contributed by atoms with van der Waals surface area (Å²) >= 11 is 0. The fraction of sp³-hybridized carbons (Fsp3) is 0.520. The van der Waals surface area contributed by atoms with Gasteiger partial charge < -0.3 is 39.7 Å². The molecule has 1 fully saturated rings. The van der Waals surface area contributed by atoms with Crippen molar-refractivity contribution >= 4 is 36.8 Å². The molecule has 1 saturated heterocycles. The van der Waals surface area contributed by atoms with E-state index in [9.17, 15) is 24.1 Å². The quantitative estimate of drug-likeness (QED) is 0.0667. The van der Waals surface area contributed by atoms with Gasteiger partial charge in [0.25, 0.3) is 5.56 Å². The van der Waals surface area contributed by atoms with E-state index in [-0.39, 0.29) is 18.5 Å². The number of imidazole rings is 1. The normalized spacial score (nSPS) is 18.9. The van der Waals surface area contributed by atoms with Crippen LogP contribution in [0.3, 0.4) is 0 Å². The number of aliphatic hydroxyl groups is 1. The van der Waals surface area contributed by atoms with Crippen molar-refractivity contribution in [3.63, 3.8) is 0 Å². The van der Waals surface area contributed by atoms with Crippen LogP contribution in [0.5, 0.6) is 0 Å². The lowest BCUT2D eigenvalue weighted by atomic mass is 10.2. The molecule has 0 spiro atoms. The topological polar surface area (TPSA) is 239 Å². The first-order valence-corrected chi connectivity index (χ1v) is 15.3. The average Bonchev–Trinajstić information content (AvgIpc) is 3.54. The van der Waals surface area contributed by atoms with Crippen LogP contribution in [0.4, 0.5) is 5.82 Å². The fourth-order valence-electron chi connectivity index (χ4n) is 4.51. The van der Waals surface area contributed by atoms with Crippen LogP contribution in [0.25, 0.3) is 17.2 Å². The molecule has 19 heteroatoms. The number of nitrogens with one attached hydrogen (secondary N) is 3. The Hall–Kier alpha value is -3.77. The average molecular weight is 638 g/mol. The first kappa shape index (κ1) is 33.1. The summed E-state index contributed by atoms with van der Waals surface area (Å²) in [6.45, 7) is 1.74. The Kier molecular flexibility index (Phi) is 11.1. The number of fused-ring (bicyclic) bond motifs is 1. The lowest BCUT2D eigenvalue weighted by Crippen LogP contribution is -2.33. The van der Waals surface area contributed by atoms with Gasteiger partial charge >= 0.3 is 13.5 Å². The Balaban J connectivity index is 1.29. The Labute approximate surface area is 251 Å². The molecule has 3 aromatic heterocycles. The summed E-state index contributed by atoms with van der Waals surface area (Å²) in [4.78, 5) is 72.1. The molecule has 0 radical (unpaired) electrons. The molecule has 44 heavy (non-hydrogen) atoms. The molecule has 0 aliphatic carbocycles. The molecule has 0 aromatic carbocycles. The first-order chi connectivity index (χ1) is 20.9. The second-order valence-electron chi connectivity index (χ2n) is 10.4. The standard InChI is InChI=1S/C25H36N9O9P/c1-32(2)9-3-4-10-33-15-30-21-22(28-14-29-23(21)33)27-8-7-26-19(36)6-5-16-12-34(25(38)31-24(16)37)20-11-17(35)18(43-20)13-42-44(39,40)41/h5-6,12,14-15,17-18,20,35H,3-4,7-11,13H2,1-2H3,(H,26,36)(H,27,28,29)(H,31,37,38)(H2,39,40,41)/b6-5+. The molecular formula is C25H36N9O9P. The summed E-state index contributed by atoms with van der Waals surface area (Å²) in [7, 11) is -0.714. The van der Waals surface area contributed by atoms with Gasteiger partial charge in [0, 0.05) is 38.3 Å². The van der Waals surface area contributed by atoms with E-state index in [1.165, 1.54) is 12.4 Å². The lowest BCUT2D eigenvalue weighted by molar-refractivity contribution is -0.116. The number of rotatable bonds is 15. The van der Waals surface area contributed by atoms with Crippen LogP contribution in [-0.4, -0.2) is 107 Å². The van der Waals surface area contributed by atoms with Crippen molar-refractivity contribution in [3.05, 3.63) is 51.3 Å². The molecule has 1 aliphatic heterocycles. The van der Waals surface area contributed by atoms with Gasteiger partial charge in [-0.25, -0.2) is 24.3 Å². The van der Waals surface area contributed by atoms with Gasteiger partial charge in [-0.3, -0.25) is 23.7 Å². The number of phosphoric ester groups is 1. The minimum absolute atomic E-state index is 0.0356. The van der Waals surface area contributed by atoms with Crippen LogP contribution in [0.1, 0.15) is 31.1 Å². The second kappa shape index (κ2) is 14.8. The third kappa shape index (κ3) is 9.12. The maximum absolute atomic E-state index is 12.4. The Morgan fingerprint density at radius 3 is 2.80 bits per heavy atom. The van der Waals surface area contributed by atoms with E-state index < -0.39 is 50.0 Å². The van der Waals surface area contributed by atoms with Crippen LogP contribution in [-0.2, 0) is 25.2 Å². The molecule has 4 heterocycles. The zero-order valence-corrected chi connectivity index (χ0v) is 25.1. The van der Waals surface area contributed by atoms with E-state index in [1.54, 1.807) is 6.33 Å². The van der Waals surface area contributed by atoms with Crippen molar-refractivity contribution in [1.82, 2.24) is 39.3 Å². The number of H-pyrrole nitrogens is 1. The molecule has 4 rings (SSSR count). The van der Waals surface area contributed by atoms with E-state index in [2.05, 4.69) is 40.0 Å². The van der Waals surface area contributed by atoms with Crippen LogP contribution < -0.4 is 21.9 Å². The molecular weight excluding hydrogens is 601 g/mol. The van der Waals surface area contributed by atoms with Gasteiger partial charge in [0.05, 0.1) is 24.6 Å². The van der Waals surface area contributed by atoms with Crippen LogP contribution >= 0.6 is 7.82 Å². The zero-order valence-electron chi connectivity index (χ0n) is 24.2. The van der Waals surface area contributed by atoms with E-state index in [0.29, 0.717) is 23.5 Å². The molecule has 18 nitrogen and oxygen atoms in total. The van der Waals surface area contributed by atoms with Gasteiger partial charge in [0.2, 0.25) is 5.91 Å². The van der Waals surface area contributed by atoms with E-state index >= 15 is 0 Å². The van der Waals surface area contributed by atoms with E-state index in [1.807, 2.05) is 18.7 Å². The molecule has 3 atom stereocenters. The fourth-order valence-corrected chi connectivity index (χ4v) is 4.86. The first-order valence-electron chi connectivity index (χ1n) is 13.8. The van der Waals surface area contributed by atoms with Crippen molar-refractivity contribution < 1.29 is 33.5 Å². The van der Waals surface area contributed by atoms with Crippen molar-refractivity contribution in [3.8, 4) is 0 Å². The third-order valence-electron chi connectivity index (χ3n) is 6.70. The lowest BCUT2D eigenvalue weighted by Gasteiger charge is -2.16. The number of carbonyl (C=O) groups is 1. The van der Waals surface area contributed by atoms with Crippen LogP contribution in [0.2, 0.25) is 0 Å². The minimum atomic E-state index is -4.79. The number of anilines is 1. The number of hydrogen-bond acceptors (Lipinski definition) is 12. The summed E-state index contributed by atoms with van der Waals surface area (Å²) in [5.74, 6) is 0.0383. The number of aromatic amines is 1. The van der Waals surface area contributed by atoms with Crippen LogP contribution in [0.15, 0.2) is 34.5 Å². The number of carbonyl (C=O) groups excluding carboxylic acids is 1. The van der Waals surface area contributed by atoms with E-state index in [0.717, 1.165) is 42.8 Å². The largest absolute Gasteiger partial charge is 0.469 e. The zero-order chi connectivity index (χ0) is 31.9. The number of unbranched alkanes of at least 4 members (excludes halogenated alkanes) is 1. The molecule has 3 unspecified atom stereocenters. The molecule has 0 saturated carbocycles. The SMILES string of the molecule is CN(C)CCCCn1cnc2c(NCCNC(=O)/C=C/c3cn(C4CC(O)C(COP(=O)(O)O)O4)c(=O)[nH]c3=O)ncnc21. The van der Waals surface area contributed by atoms with Gasteiger partial charge in [0.15, 0.2) is 11.5 Å². The van der Waals surface area contributed by atoms with Crippen molar-refractivity contribution in [1.29, 1.82) is 0 Å². The van der Waals surface area contributed by atoms with Gasteiger partial charge in [-0.05, 0) is 39.6 Å². The maximum atomic E-state index is 12.4. The monoisotopic (exact) mass is 637 g/mol. The number of aryl methyl sites for hydroxylation is 1. The Bertz CT molecular complexity index is 1630. The van der Waals surface area contributed by atoms with Gasteiger partial charge in [0.1, 0.15) is 24.2 Å². The third-order valence-corrected chi connectivity index (χ3v) is 7.19. The highest BCUT2D eigenvalue weighted by molar-refractivity contribution is 7.46. The van der Waals surface area contributed by atoms with Crippen LogP contribution in [0, 0.1) is 0 Å². The molecule has 1 amide bonds. The van der Waals surface area contributed by atoms with Gasteiger partial charge in [-0.1, -0.05) is 0 Å². The number of aliphatic hydroxyl groups excluding tert-OH is 1. The summed E-state index contributed by atoms with van der Waals surface area (Å²) < 4.78 is 23.8. The molecule has 3 aromatic rings.